The van der Waals surface area contributed by atoms with E-state index in [4.69, 9.17) is 4.74 Å². The van der Waals surface area contributed by atoms with Crippen LogP contribution in [0.4, 0.5) is 10.5 Å². The standard InChI is InChI=1S/C28H35N5O5/c1-38-27(36)23(17-20-9-8-14-29-18-20)31-25(34)24-19-32(28(37)30-22-12-6-3-7-13-22)15-16-33(24)26(35)21-10-4-2-5-11-21/h3,6-9,12-14,18,21,23-24H,2,4-5,10-11,15-17,19H2,1H3,(H,30,37)(H,31,34). The number of amides is 4. The molecule has 4 rings (SSSR count). The third-order valence-electron chi connectivity index (χ3n) is 7.20. The molecule has 1 aliphatic carbocycles. The van der Waals surface area contributed by atoms with Crippen molar-refractivity contribution in [1.82, 2.24) is 20.1 Å². The number of carbonyl (C=O) groups is 4. The lowest BCUT2D eigenvalue weighted by Crippen LogP contribution is -2.64. The number of anilines is 1. The van der Waals surface area contributed by atoms with Crippen molar-refractivity contribution in [1.29, 1.82) is 0 Å². The van der Waals surface area contributed by atoms with Gasteiger partial charge in [-0.2, -0.15) is 0 Å². The van der Waals surface area contributed by atoms with Crippen LogP contribution in [0.2, 0.25) is 0 Å². The third kappa shape index (κ3) is 6.87. The van der Waals surface area contributed by atoms with Crippen LogP contribution in [0.1, 0.15) is 37.7 Å². The van der Waals surface area contributed by atoms with E-state index in [0.717, 1.165) is 37.7 Å². The first-order valence-electron chi connectivity index (χ1n) is 13.1. The highest BCUT2D eigenvalue weighted by molar-refractivity contribution is 5.94. The van der Waals surface area contributed by atoms with Crippen LogP contribution in [0.3, 0.4) is 0 Å². The second-order valence-corrected chi connectivity index (χ2v) is 9.77. The largest absolute Gasteiger partial charge is 0.467 e. The molecule has 2 aliphatic rings. The van der Waals surface area contributed by atoms with Crippen molar-refractivity contribution in [3.8, 4) is 0 Å². The van der Waals surface area contributed by atoms with Gasteiger partial charge in [0.05, 0.1) is 13.7 Å². The summed E-state index contributed by atoms with van der Waals surface area (Å²) in [5.74, 6) is -1.28. The highest BCUT2D eigenvalue weighted by Gasteiger charge is 2.40. The van der Waals surface area contributed by atoms with E-state index in [1.807, 2.05) is 24.3 Å². The molecule has 0 bridgehead atoms. The van der Waals surface area contributed by atoms with E-state index in [9.17, 15) is 19.2 Å². The van der Waals surface area contributed by atoms with Crippen molar-refractivity contribution in [2.45, 2.75) is 50.6 Å². The Morgan fingerprint density at radius 3 is 2.47 bits per heavy atom. The number of methoxy groups -OCH3 is 1. The molecule has 0 radical (unpaired) electrons. The van der Waals surface area contributed by atoms with Crippen LogP contribution in [0.25, 0.3) is 0 Å². The second-order valence-electron chi connectivity index (χ2n) is 9.77. The molecule has 10 nitrogen and oxygen atoms in total. The van der Waals surface area contributed by atoms with Crippen molar-refractivity contribution in [2.75, 3.05) is 32.1 Å². The summed E-state index contributed by atoms with van der Waals surface area (Å²) < 4.78 is 4.94. The van der Waals surface area contributed by atoms with Gasteiger partial charge < -0.3 is 25.2 Å². The molecular formula is C28H35N5O5. The van der Waals surface area contributed by atoms with E-state index in [1.165, 1.54) is 12.0 Å². The van der Waals surface area contributed by atoms with Gasteiger partial charge in [0.15, 0.2) is 0 Å². The zero-order valence-corrected chi connectivity index (χ0v) is 21.7. The molecule has 38 heavy (non-hydrogen) atoms. The second kappa shape index (κ2) is 13.0. The minimum Gasteiger partial charge on any atom is -0.467 e. The highest BCUT2D eigenvalue weighted by Crippen LogP contribution is 2.27. The lowest BCUT2D eigenvalue weighted by molar-refractivity contribution is -0.149. The number of pyridine rings is 1. The Morgan fingerprint density at radius 1 is 1.03 bits per heavy atom. The first-order chi connectivity index (χ1) is 18.5. The van der Waals surface area contributed by atoms with Gasteiger partial charge in [-0.1, -0.05) is 43.5 Å². The number of piperazine rings is 1. The Bertz CT molecular complexity index is 1110. The maximum atomic E-state index is 13.7. The number of ether oxygens (including phenoxy) is 1. The number of benzene rings is 1. The molecule has 2 atom stereocenters. The number of urea groups is 1. The topological polar surface area (TPSA) is 121 Å². The molecule has 1 saturated heterocycles. The maximum Gasteiger partial charge on any atom is 0.328 e. The first-order valence-corrected chi connectivity index (χ1v) is 13.1. The molecule has 2 heterocycles. The van der Waals surface area contributed by atoms with Gasteiger partial charge in [0.2, 0.25) is 11.8 Å². The monoisotopic (exact) mass is 521 g/mol. The van der Waals surface area contributed by atoms with Gasteiger partial charge in [-0.15, -0.1) is 0 Å². The number of hydrogen-bond donors (Lipinski definition) is 2. The van der Waals surface area contributed by atoms with E-state index in [2.05, 4.69) is 15.6 Å². The van der Waals surface area contributed by atoms with Gasteiger partial charge in [0.1, 0.15) is 12.1 Å². The summed E-state index contributed by atoms with van der Waals surface area (Å²) in [4.78, 5) is 60.0. The summed E-state index contributed by atoms with van der Waals surface area (Å²) in [6.07, 6.45) is 8.12. The van der Waals surface area contributed by atoms with Crippen LogP contribution in [-0.2, 0) is 25.5 Å². The van der Waals surface area contributed by atoms with Crippen LogP contribution >= 0.6 is 0 Å². The zero-order chi connectivity index (χ0) is 26.9. The molecule has 1 aliphatic heterocycles. The molecule has 0 spiro atoms. The minimum absolute atomic E-state index is 0.0176. The van der Waals surface area contributed by atoms with E-state index < -0.39 is 24.0 Å². The fourth-order valence-electron chi connectivity index (χ4n) is 5.12. The predicted octanol–water partition coefficient (Wildman–Crippen LogP) is 2.61. The number of aromatic nitrogens is 1. The lowest BCUT2D eigenvalue weighted by Gasteiger charge is -2.42. The number of nitrogens with one attached hydrogen (secondary N) is 2. The van der Waals surface area contributed by atoms with Gasteiger partial charge in [-0.3, -0.25) is 14.6 Å². The normalized spacial score (nSPS) is 18.8. The summed E-state index contributed by atoms with van der Waals surface area (Å²) >= 11 is 0. The number of hydrogen-bond acceptors (Lipinski definition) is 6. The fraction of sp³-hybridized carbons (Fsp3) is 0.464. The van der Waals surface area contributed by atoms with Crippen molar-refractivity contribution in [3.05, 3.63) is 60.4 Å². The van der Waals surface area contributed by atoms with E-state index in [1.54, 1.807) is 35.5 Å². The molecule has 1 aromatic carbocycles. The molecule has 2 aromatic rings. The van der Waals surface area contributed by atoms with Crippen molar-refractivity contribution < 1.29 is 23.9 Å². The van der Waals surface area contributed by atoms with E-state index in [0.29, 0.717) is 12.2 Å². The molecule has 202 valence electrons. The number of carbonyl (C=O) groups excluding carboxylic acids is 4. The average molecular weight is 522 g/mol. The Hall–Kier alpha value is -3.95. The Kier molecular flexibility index (Phi) is 9.29. The first kappa shape index (κ1) is 27.1. The number of para-hydroxylation sites is 1. The fourth-order valence-corrected chi connectivity index (χ4v) is 5.12. The minimum atomic E-state index is -0.961. The van der Waals surface area contributed by atoms with Crippen molar-refractivity contribution in [3.63, 3.8) is 0 Å². The molecule has 2 unspecified atom stereocenters. The smallest absolute Gasteiger partial charge is 0.328 e. The average Bonchev–Trinajstić information content (AvgIpc) is 2.97. The van der Waals surface area contributed by atoms with Crippen molar-refractivity contribution >= 4 is 29.5 Å². The SMILES string of the molecule is COC(=O)C(Cc1cccnc1)NC(=O)C1CN(C(=O)Nc2ccccc2)CCN1C(=O)C1CCCCC1. The van der Waals surface area contributed by atoms with Crippen LogP contribution in [0, 0.1) is 5.92 Å². The summed E-state index contributed by atoms with van der Waals surface area (Å²) in [7, 11) is 1.26. The Labute approximate surface area is 222 Å². The number of rotatable bonds is 7. The molecular weight excluding hydrogens is 486 g/mol. The quantitative estimate of drug-likeness (QED) is 0.541. The highest BCUT2D eigenvalue weighted by atomic mass is 16.5. The lowest BCUT2D eigenvalue weighted by atomic mass is 9.87. The number of esters is 1. The van der Waals surface area contributed by atoms with Crippen LogP contribution < -0.4 is 10.6 Å². The Morgan fingerprint density at radius 2 is 1.79 bits per heavy atom. The zero-order valence-electron chi connectivity index (χ0n) is 21.7. The van der Waals surface area contributed by atoms with Gasteiger partial charge in [-0.05, 0) is 36.6 Å². The molecule has 10 heteroatoms. The van der Waals surface area contributed by atoms with E-state index >= 15 is 0 Å². The summed E-state index contributed by atoms with van der Waals surface area (Å²) in [6, 6.07) is 10.4. The molecule has 1 saturated carbocycles. The summed E-state index contributed by atoms with van der Waals surface area (Å²) in [5.41, 5.74) is 1.40. The Balaban J connectivity index is 1.52. The van der Waals surface area contributed by atoms with Crippen LogP contribution in [0.5, 0.6) is 0 Å². The molecule has 1 aromatic heterocycles. The van der Waals surface area contributed by atoms with Gasteiger partial charge in [0, 0.05) is 43.5 Å². The molecule has 4 amide bonds. The summed E-state index contributed by atoms with van der Waals surface area (Å²) in [6.45, 7) is 0.557. The van der Waals surface area contributed by atoms with Crippen LogP contribution in [0.15, 0.2) is 54.9 Å². The van der Waals surface area contributed by atoms with Gasteiger partial charge in [-0.25, -0.2) is 9.59 Å². The van der Waals surface area contributed by atoms with Gasteiger partial charge in [0.25, 0.3) is 0 Å². The van der Waals surface area contributed by atoms with Gasteiger partial charge >= 0.3 is 12.0 Å². The third-order valence-corrected chi connectivity index (χ3v) is 7.20. The molecule has 2 N–H and O–H groups in total. The predicted molar refractivity (Wildman–Crippen MR) is 141 cm³/mol. The molecule has 2 fully saturated rings. The number of nitrogens with zero attached hydrogens (tertiary/aromatic N) is 3. The van der Waals surface area contributed by atoms with Crippen molar-refractivity contribution in [2.24, 2.45) is 5.92 Å². The van der Waals surface area contributed by atoms with Crippen LogP contribution in [-0.4, -0.2) is 77.4 Å². The maximum absolute atomic E-state index is 13.7. The summed E-state index contributed by atoms with van der Waals surface area (Å²) in [5, 5.41) is 5.64. The van der Waals surface area contributed by atoms with E-state index in [-0.39, 0.29) is 37.4 Å².